The normalized spacial score (nSPS) is 27.9. The van der Waals surface area contributed by atoms with Crippen LogP contribution >= 0.6 is 0 Å². The summed E-state index contributed by atoms with van der Waals surface area (Å²) in [6.07, 6.45) is 5.48. The highest BCUT2D eigenvalue weighted by Gasteiger charge is 2.41. The zero-order valence-corrected chi connectivity index (χ0v) is 17.6. The van der Waals surface area contributed by atoms with Crippen molar-refractivity contribution in [1.29, 1.82) is 0 Å². The molecule has 4 N–H and O–H groups in total. The summed E-state index contributed by atoms with van der Waals surface area (Å²) in [5, 5.41) is 32.9. The van der Waals surface area contributed by atoms with Gasteiger partial charge in [0.2, 0.25) is 0 Å². The maximum absolute atomic E-state index is 10.5. The van der Waals surface area contributed by atoms with Crippen molar-refractivity contribution in [2.45, 2.75) is 105 Å². The minimum atomic E-state index is -0.298. The van der Waals surface area contributed by atoms with Gasteiger partial charge in [-0.1, -0.05) is 41.5 Å². The van der Waals surface area contributed by atoms with Gasteiger partial charge in [0, 0.05) is 25.2 Å². The molecule has 0 aliphatic carbocycles. The molecule has 6 heteroatoms. The molecule has 0 aromatic rings. The monoisotopic (exact) mass is 374 g/mol. The van der Waals surface area contributed by atoms with E-state index in [1.54, 1.807) is 0 Å². The van der Waals surface area contributed by atoms with Crippen LogP contribution in [-0.4, -0.2) is 68.2 Å². The second kappa shape index (κ2) is 9.80. The van der Waals surface area contributed by atoms with E-state index >= 15 is 0 Å². The van der Waals surface area contributed by atoms with E-state index in [1.165, 1.54) is 0 Å². The molecule has 0 bridgehead atoms. The molecule has 2 saturated heterocycles. The first kappa shape index (κ1) is 23.8. The number of likely N-dealkylation sites (tertiary alicyclic amines) is 2. The molecule has 0 saturated carbocycles. The second-order valence-corrected chi connectivity index (χ2v) is 10.3. The lowest BCUT2D eigenvalue weighted by molar-refractivity contribution is -0.176. The van der Waals surface area contributed by atoms with Crippen LogP contribution in [0.2, 0.25) is 0 Å². The van der Waals surface area contributed by atoms with Gasteiger partial charge in [0.05, 0.1) is 0 Å². The first-order valence-electron chi connectivity index (χ1n) is 10.1. The van der Waals surface area contributed by atoms with Crippen molar-refractivity contribution in [2.24, 2.45) is 10.8 Å². The van der Waals surface area contributed by atoms with Gasteiger partial charge < -0.3 is 10.2 Å². The predicted molar refractivity (Wildman–Crippen MR) is 105 cm³/mol. The van der Waals surface area contributed by atoms with Crippen LogP contribution in [0, 0.1) is 10.8 Å². The molecule has 4 atom stereocenters. The van der Waals surface area contributed by atoms with E-state index in [1.807, 2.05) is 0 Å². The van der Waals surface area contributed by atoms with Gasteiger partial charge in [-0.05, 0) is 49.4 Å². The Bertz CT molecular complexity index is 406. The summed E-state index contributed by atoms with van der Waals surface area (Å²) in [7, 11) is 0. The SMILES string of the molecule is CC(C)(C)CC(CC(N1CCCC1O)C(C)(C)C)N1CCCC1O.OO. The van der Waals surface area contributed by atoms with E-state index in [2.05, 4.69) is 51.3 Å². The smallest absolute Gasteiger partial charge is 0.107 e. The Hall–Kier alpha value is -0.240. The average Bonchev–Trinajstić information content (AvgIpc) is 3.12. The molecule has 2 aliphatic rings. The third-order valence-corrected chi connectivity index (χ3v) is 5.74. The van der Waals surface area contributed by atoms with Crippen LogP contribution in [0.4, 0.5) is 0 Å². The second-order valence-electron chi connectivity index (χ2n) is 10.3. The van der Waals surface area contributed by atoms with Crippen molar-refractivity contribution < 1.29 is 20.7 Å². The Morgan fingerprint density at radius 3 is 1.65 bits per heavy atom. The first-order chi connectivity index (χ1) is 12.0. The van der Waals surface area contributed by atoms with E-state index in [0.29, 0.717) is 12.1 Å². The minimum Gasteiger partial charge on any atom is -0.378 e. The van der Waals surface area contributed by atoms with Gasteiger partial charge in [-0.3, -0.25) is 20.3 Å². The molecule has 2 heterocycles. The highest BCUT2D eigenvalue weighted by atomic mass is 17.0. The Morgan fingerprint density at radius 2 is 1.31 bits per heavy atom. The maximum Gasteiger partial charge on any atom is 0.107 e. The lowest BCUT2D eigenvalue weighted by Gasteiger charge is -2.45. The Kier molecular flexibility index (Phi) is 8.97. The molecule has 0 aromatic heterocycles. The molecule has 2 rings (SSSR count). The number of rotatable bonds is 5. The molecule has 0 aromatic carbocycles. The molecular weight excluding hydrogens is 332 g/mol. The van der Waals surface area contributed by atoms with Gasteiger partial charge in [0.15, 0.2) is 0 Å². The highest BCUT2D eigenvalue weighted by molar-refractivity contribution is 4.93. The van der Waals surface area contributed by atoms with E-state index in [0.717, 1.165) is 51.6 Å². The fraction of sp³-hybridized carbons (Fsp3) is 1.00. The fourth-order valence-electron chi connectivity index (χ4n) is 4.62. The van der Waals surface area contributed by atoms with Crippen molar-refractivity contribution in [3.63, 3.8) is 0 Å². The summed E-state index contributed by atoms with van der Waals surface area (Å²) in [6.45, 7) is 15.7. The lowest BCUT2D eigenvalue weighted by atomic mass is 9.78. The molecule has 26 heavy (non-hydrogen) atoms. The Labute approximate surface area is 159 Å². The molecule has 156 valence electrons. The van der Waals surface area contributed by atoms with E-state index in [9.17, 15) is 10.2 Å². The van der Waals surface area contributed by atoms with Crippen LogP contribution < -0.4 is 0 Å². The standard InChI is InChI=1S/C20H40N2O2.H2O2/c1-19(2,3)14-15(21-11-7-9-17(21)23)13-16(20(4,5)6)22-12-8-10-18(22)24;1-2/h15-18,23-24H,7-14H2,1-6H3;1-2H. The van der Waals surface area contributed by atoms with Gasteiger partial charge >= 0.3 is 0 Å². The van der Waals surface area contributed by atoms with Crippen LogP contribution in [-0.2, 0) is 0 Å². The zero-order valence-electron chi connectivity index (χ0n) is 17.6. The van der Waals surface area contributed by atoms with Gasteiger partial charge in [0.1, 0.15) is 12.5 Å². The number of hydrogen-bond donors (Lipinski definition) is 4. The van der Waals surface area contributed by atoms with Crippen LogP contribution in [0.25, 0.3) is 0 Å². The van der Waals surface area contributed by atoms with Crippen LogP contribution in [0.5, 0.6) is 0 Å². The Morgan fingerprint density at radius 1 is 0.846 bits per heavy atom. The molecule has 4 unspecified atom stereocenters. The molecule has 0 radical (unpaired) electrons. The highest BCUT2D eigenvalue weighted by Crippen LogP contribution is 2.37. The summed E-state index contributed by atoms with van der Waals surface area (Å²) in [4.78, 5) is 4.64. The molecule has 0 amide bonds. The van der Waals surface area contributed by atoms with Crippen LogP contribution in [0.3, 0.4) is 0 Å². The fourth-order valence-corrected chi connectivity index (χ4v) is 4.62. The number of hydrogen-bond acceptors (Lipinski definition) is 6. The van der Waals surface area contributed by atoms with Crippen LogP contribution in [0.15, 0.2) is 0 Å². The molecule has 6 nitrogen and oxygen atoms in total. The van der Waals surface area contributed by atoms with E-state index in [-0.39, 0.29) is 23.3 Å². The molecule has 0 spiro atoms. The minimum absolute atomic E-state index is 0.117. The number of aliphatic hydroxyl groups excluding tert-OH is 2. The molecular formula is C20H42N2O4. The summed E-state index contributed by atoms with van der Waals surface area (Å²) in [5.41, 5.74) is 0.352. The van der Waals surface area contributed by atoms with E-state index < -0.39 is 0 Å². The lowest BCUT2D eigenvalue weighted by Crippen LogP contribution is -2.52. The number of aliphatic hydroxyl groups is 2. The van der Waals surface area contributed by atoms with Crippen molar-refractivity contribution in [3.8, 4) is 0 Å². The average molecular weight is 375 g/mol. The largest absolute Gasteiger partial charge is 0.378 e. The Balaban J connectivity index is 0.00000163. The number of nitrogens with zero attached hydrogens (tertiary/aromatic N) is 2. The van der Waals surface area contributed by atoms with Crippen molar-refractivity contribution in [1.82, 2.24) is 9.80 Å². The summed E-state index contributed by atoms with van der Waals surface area (Å²) in [6, 6.07) is 0.717. The van der Waals surface area contributed by atoms with Gasteiger partial charge in [-0.15, -0.1) is 0 Å². The summed E-state index contributed by atoms with van der Waals surface area (Å²) in [5.74, 6) is 0. The van der Waals surface area contributed by atoms with Crippen molar-refractivity contribution in [2.75, 3.05) is 13.1 Å². The first-order valence-corrected chi connectivity index (χ1v) is 10.1. The maximum atomic E-state index is 10.5. The molecule has 2 aliphatic heterocycles. The van der Waals surface area contributed by atoms with Gasteiger partial charge in [-0.25, -0.2) is 0 Å². The van der Waals surface area contributed by atoms with Crippen molar-refractivity contribution in [3.05, 3.63) is 0 Å². The van der Waals surface area contributed by atoms with E-state index in [4.69, 9.17) is 10.5 Å². The quantitative estimate of drug-likeness (QED) is 0.436. The third kappa shape index (κ3) is 6.73. The van der Waals surface area contributed by atoms with Gasteiger partial charge in [-0.2, -0.15) is 0 Å². The molecule has 2 fully saturated rings. The summed E-state index contributed by atoms with van der Waals surface area (Å²) < 4.78 is 0. The predicted octanol–water partition coefficient (Wildman–Crippen LogP) is 3.44. The third-order valence-electron chi connectivity index (χ3n) is 5.74. The van der Waals surface area contributed by atoms with Crippen LogP contribution in [0.1, 0.15) is 80.1 Å². The zero-order chi connectivity index (χ0) is 20.1. The summed E-state index contributed by atoms with van der Waals surface area (Å²) >= 11 is 0. The topological polar surface area (TPSA) is 87.4 Å². The van der Waals surface area contributed by atoms with Gasteiger partial charge in [0.25, 0.3) is 0 Å². The van der Waals surface area contributed by atoms with Crippen molar-refractivity contribution >= 4 is 0 Å².